The lowest BCUT2D eigenvalue weighted by Gasteiger charge is -2.28. The highest BCUT2D eigenvalue weighted by Crippen LogP contribution is 2.44. The monoisotopic (exact) mass is 373 g/mol. The Balaban J connectivity index is 2.20. The van der Waals surface area contributed by atoms with Gasteiger partial charge in [0.05, 0.1) is 11.8 Å². The Morgan fingerprint density at radius 3 is 2.50 bits per heavy atom. The van der Waals surface area contributed by atoms with Crippen LogP contribution in [0, 0.1) is 12.3 Å². The minimum Gasteiger partial charge on any atom is -0.503 e. The van der Waals surface area contributed by atoms with Crippen LogP contribution in [0.3, 0.4) is 0 Å². The van der Waals surface area contributed by atoms with Crippen LogP contribution in [0.2, 0.25) is 5.02 Å². The van der Waals surface area contributed by atoms with E-state index in [2.05, 4.69) is 0 Å². The van der Waals surface area contributed by atoms with Crippen molar-refractivity contribution in [3.8, 4) is 0 Å². The SMILES string of the molecule is Cc1cc(Cl)ccc1N1C(=O)C(O)=C(C(=O)C(C)(C)C)C1c1ccco1. The smallest absolute Gasteiger partial charge is 0.294 e. The molecule has 1 aliphatic rings. The van der Waals surface area contributed by atoms with Gasteiger partial charge < -0.3 is 9.52 Å². The quantitative estimate of drug-likeness (QED) is 0.842. The molecule has 0 spiro atoms. The average Bonchev–Trinajstić information content (AvgIpc) is 3.15. The molecule has 1 amide bonds. The number of anilines is 1. The summed E-state index contributed by atoms with van der Waals surface area (Å²) >= 11 is 6.03. The number of carbonyl (C=O) groups is 2. The number of halogens is 1. The number of hydrogen-bond acceptors (Lipinski definition) is 4. The van der Waals surface area contributed by atoms with Gasteiger partial charge in [-0.15, -0.1) is 0 Å². The number of ketones is 1. The molecule has 6 heteroatoms. The maximum atomic E-state index is 13.0. The summed E-state index contributed by atoms with van der Waals surface area (Å²) in [5, 5.41) is 11.1. The summed E-state index contributed by atoms with van der Waals surface area (Å²) in [6.45, 7) is 7.05. The van der Waals surface area contributed by atoms with E-state index >= 15 is 0 Å². The van der Waals surface area contributed by atoms with Gasteiger partial charge in [0.25, 0.3) is 5.91 Å². The molecule has 26 heavy (non-hydrogen) atoms. The fourth-order valence-corrected chi connectivity index (χ4v) is 3.32. The summed E-state index contributed by atoms with van der Waals surface area (Å²) < 4.78 is 5.51. The molecule has 0 aliphatic carbocycles. The highest BCUT2D eigenvalue weighted by molar-refractivity contribution is 6.30. The second-order valence-electron chi connectivity index (χ2n) is 7.37. The van der Waals surface area contributed by atoms with Gasteiger partial charge in [0.2, 0.25) is 0 Å². The molecule has 1 atom stereocenters. The number of hydrogen-bond donors (Lipinski definition) is 1. The van der Waals surface area contributed by atoms with Crippen molar-refractivity contribution in [2.75, 3.05) is 4.90 Å². The van der Waals surface area contributed by atoms with Gasteiger partial charge in [0, 0.05) is 16.1 Å². The number of rotatable bonds is 3. The summed E-state index contributed by atoms with van der Waals surface area (Å²) in [6, 6.07) is 7.63. The lowest BCUT2D eigenvalue weighted by molar-refractivity contribution is -0.123. The Morgan fingerprint density at radius 2 is 1.96 bits per heavy atom. The zero-order valence-electron chi connectivity index (χ0n) is 15.0. The largest absolute Gasteiger partial charge is 0.503 e. The molecule has 0 bridgehead atoms. The third-order valence-electron chi connectivity index (χ3n) is 4.37. The summed E-state index contributed by atoms with van der Waals surface area (Å²) in [7, 11) is 0. The van der Waals surface area contributed by atoms with Crippen LogP contribution in [0.1, 0.15) is 38.1 Å². The first kappa shape index (κ1) is 18.3. The van der Waals surface area contributed by atoms with E-state index in [4.69, 9.17) is 16.0 Å². The molecule has 0 fully saturated rings. The minimum absolute atomic E-state index is 0.0480. The van der Waals surface area contributed by atoms with Crippen molar-refractivity contribution in [3.63, 3.8) is 0 Å². The van der Waals surface area contributed by atoms with Crippen LogP contribution < -0.4 is 4.90 Å². The number of Topliss-reactive ketones (excluding diaryl/α,β-unsaturated/α-hetero) is 1. The van der Waals surface area contributed by atoms with Gasteiger partial charge in [-0.1, -0.05) is 32.4 Å². The molecular formula is C20H20ClNO4. The van der Waals surface area contributed by atoms with Crippen LogP contribution in [-0.2, 0) is 9.59 Å². The molecule has 1 aromatic heterocycles. The van der Waals surface area contributed by atoms with Gasteiger partial charge in [0.1, 0.15) is 11.8 Å². The summed E-state index contributed by atoms with van der Waals surface area (Å²) in [5.74, 6) is -1.08. The lowest BCUT2D eigenvalue weighted by atomic mass is 9.83. The predicted molar refractivity (Wildman–Crippen MR) is 99.2 cm³/mol. The topological polar surface area (TPSA) is 70.8 Å². The van der Waals surface area contributed by atoms with Gasteiger partial charge in [0.15, 0.2) is 11.5 Å². The highest BCUT2D eigenvalue weighted by Gasteiger charge is 2.48. The van der Waals surface area contributed by atoms with Crippen LogP contribution in [0.15, 0.2) is 52.3 Å². The first-order chi connectivity index (χ1) is 12.1. The van der Waals surface area contributed by atoms with E-state index in [-0.39, 0.29) is 11.4 Å². The first-order valence-electron chi connectivity index (χ1n) is 8.24. The Hall–Kier alpha value is -2.53. The standard InChI is InChI=1S/C20H20ClNO4/c1-11-10-12(21)7-8-13(11)22-16(14-6-5-9-26-14)15(17(23)19(22)25)18(24)20(2,3)4/h5-10,16,23H,1-4H3. The van der Waals surface area contributed by atoms with E-state index in [1.54, 1.807) is 51.1 Å². The Labute approximate surface area is 156 Å². The molecule has 2 aromatic rings. The molecule has 2 heterocycles. The number of nitrogens with zero attached hydrogens (tertiary/aromatic N) is 1. The normalized spacial score (nSPS) is 18.0. The van der Waals surface area contributed by atoms with Crippen LogP contribution in [0.5, 0.6) is 0 Å². The molecule has 0 radical (unpaired) electrons. The van der Waals surface area contributed by atoms with Crippen LogP contribution in [-0.4, -0.2) is 16.8 Å². The summed E-state index contributed by atoms with van der Waals surface area (Å²) in [6.07, 6.45) is 1.47. The Bertz CT molecular complexity index is 906. The van der Waals surface area contributed by atoms with Crippen molar-refractivity contribution in [3.05, 3.63) is 64.3 Å². The molecule has 1 aromatic carbocycles. The molecule has 3 rings (SSSR count). The fourth-order valence-electron chi connectivity index (χ4n) is 3.09. The van der Waals surface area contributed by atoms with Crippen molar-refractivity contribution in [2.24, 2.45) is 5.41 Å². The molecule has 1 unspecified atom stereocenters. The van der Waals surface area contributed by atoms with Crippen molar-refractivity contribution >= 4 is 29.0 Å². The minimum atomic E-state index is -0.830. The molecule has 1 N–H and O–H groups in total. The number of aliphatic hydroxyl groups is 1. The number of amides is 1. The predicted octanol–water partition coefficient (Wildman–Crippen LogP) is 4.76. The molecule has 0 saturated heterocycles. The van der Waals surface area contributed by atoms with Crippen molar-refractivity contribution < 1.29 is 19.1 Å². The second-order valence-corrected chi connectivity index (χ2v) is 7.80. The number of aryl methyl sites for hydroxylation is 1. The lowest BCUT2D eigenvalue weighted by Crippen LogP contribution is -2.33. The van der Waals surface area contributed by atoms with Crippen molar-refractivity contribution in [1.29, 1.82) is 0 Å². The maximum Gasteiger partial charge on any atom is 0.294 e. The van der Waals surface area contributed by atoms with Crippen LogP contribution in [0.25, 0.3) is 0 Å². The van der Waals surface area contributed by atoms with Gasteiger partial charge in [-0.2, -0.15) is 0 Å². The second kappa shape index (κ2) is 6.32. The molecule has 5 nitrogen and oxygen atoms in total. The van der Waals surface area contributed by atoms with Gasteiger partial charge in [-0.3, -0.25) is 14.5 Å². The van der Waals surface area contributed by atoms with Crippen LogP contribution in [0.4, 0.5) is 5.69 Å². The maximum absolute atomic E-state index is 13.0. The number of carbonyl (C=O) groups excluding carboxylic acids is 2. The molecule has 136 valence electrons. The average molecular weight is 374 g/mol. The first-order valence-corrected chi connectivity index (χ1v) is 8.61. The number of benzene rings is 1. The van der Waals surface area contributed by atoms with Gasteiger partial charge in [-0.25, -0.2) is 0 Å². The Kier molecular flexibility index (Phi) is 4.44. The van der Waals surface area contributed by atoms with Gasteiger partial charge in [-0.05, 0) is 42.8 Å². The van der Waals surface area contributed by atoms with Crippen molar-refractivity contribution in [1.82, 2.24) is 0 Å². The molecule has 0 saturated carbocycles. The van der Waals surface area contributed by atoms with Crippen LogP contribution >= 0.6 is 11.6 Å². The Morgan fingerprint density at radius 1 is 1.27 bits per heavy atom. The number of aliphatic hydroxyl groups excluding tert-OH is 1. The highest BCUT2D eigenvalue weighted by atomic mass is 35.5. The number of furan rings is 1. The van der Waals surface area contributed by atoms with E-state index in [9.17, 15) is 14.7 Å². The molecule has 1 aliphatic heterocycles. The molecular weight excluding hydrogens is 354 g/mol. The van der Waals surface area contributed by atoms with E-state index in [1.165, 1.54) is 11.2 Å². The van der Waals surface area contributed by atoms with E-state index in [1.807, 2.05) is 6.92 Å². The van der Waals surface area contributed by atoms with E-state index < -0.39 is 23.1 Å². The van der Waals surface area contributed by atoms with E-state index in [0.717, 1.165) is 5.56 Å². The third-order valence-corrected chi connectivity index (χ3v) is 4.60. The van der Waals surface area contributed by atoms with E-state index in [0.29, 0.717) is 16.5 Å². The summed E-state index contributed by atoms with van der Waals surface area (Å²) in [4.78, 5) is 27.3. The third kappa shape index (κ3) is 2.92. The fraction of sp³-hybridized carbons (Fsp3) is 0.300. The zero-order chi connectivity index (χ0) is 19.2. The summed E-state index contributed by atoms with van der Waals surface area (Å²) in [5.41, 5.74) is 0.593. The van der Waals surface area contributed by atoms with Gasteiger partial charge >= 0.3 is 0 Å². The zero-order valence-corrected chi connectivity index (χ0v) is 15.8. The van der Waals surface area contributed by atoms with Crippen molar-refractivity contribution in [2.45, 2.75) is 33.7 Å².